The highest BCUT2D eigenvalue weighted by molar-refractivity contribution is 5.93. The fourth-order valence-electron chi connectivity index (χ4n) is 2.40. The summed E-state index contributed by atoms with van der Waals surface area (Å²) in [6, 6.07) is 5.51. The Morgan fingerprint density at radius 3 is 2.62 bits per heavy atom. The zero-order valence-electron chi connectivity index (χ0n) is 12.7. The quantitative estimate of drug-likeness (QED) is 0.811. The molecular weight excluding hydrogens is 266 g/mol. The molecule has 4 nitrogen and oxygen atoms in total. The van der Waals surface area contributed by atoms with Gasteiger partial charge in [0.1, 0.15) is 0 Å². The van der Waals surface area contributed by atoms with E-state index in [0.29, 0.717) is 24.7 Å². The van der Waals surface area contributed by atoms with Crippen molar-refractivity contribution in [2.45, 2.75) is 33.1 Å². The fourth-order valence-corrected chi connectivity index (χ4v) is 2.40. The van der Waals surface area contributed by atoms with Gasteiger partial charge in [0.25, 0.3) is 0 Å². The number of hydrogen-bond acceptors (Lipinski definition) is 3. The van der Waals surface area contributed by atoms with E-state index in [4.69, 9.17) is 9.47 Å². The van der Waals surface area contributed by atoms with Crippen LogP contribution in [0.3, 0.4) is 0 Å². The molecule has 0 saturated carbocycles. The Balaban J connectivity index is 2.07. The van der Waals surface area contributed by atoms with Crippen molar-refractivity contribution in [3.05, 3.63) is 30.4 Å². The molecule has 0 fully saturated rings. The Hall–Kier alpha value is -1.97. The number of anilines is 1. The maximum atomic E-state index is 12.2. The summed E-state index contributed by atoms with van der Waals surface area (Å²) in [7, 11) is 0. The standard InChI is InChI=1S/C17H23NO3/c1-3-20-15-11-10-14(12-16(15)21-4-2)18-17(19)13-8-6-5-7-9-13/h5-6,10-13H,3-4,7-9H2,1-2H3,(H,18,19). The van der Waals surface area contributed by atoms with Crippen LogP contribution in [-0.4, -0.2) is 19.1 Å². The molecule has 0 bridgehead atoms. The van der Waals surface area contributed by atoms with Gasteiger partial charge in [0.15, 0.2) is 11.5 Å². The fraction of sp³-hybridized carbons (Fsp3) is 0.471. The molecule has 0 saturated heterocycles. The van der Waals surface area contributed by atoms with E-state index >= 15 is 0 Å². The van der Waals surface area contributed by atoms with Gasteiger partial charge < -0.3 is 14.8 Å². The first kappa shape index (κ1) is 15.4. The Morgan fingerprint density at radius 2 is 1.95 bits per heavy atom. The Kier molecular flexibility index (Phi) is 5.67. The summed E-state index contributed by atoms with van der Waals surface area (Å²) < 4.78 is 11.1. The molecule has 1 amide bonds. The summed E-state index contributed by atoms with van der Waals surface area (Å²) in [4.78, 5) is 12.2. The highest BCUT2D eigenvalue weighted by atomic mass is 16.5. The molecule has 2 rings (SSSR count). The van der Waals surface area contributed by atoms with Crippen LogP contribution >= 0.6 is 0 Å². The predicted molar refractivity (Wildman–Crippen MR) is 83.9 cm³/mol. The van der Waals surface area contributed by atoms with Crippen molar-refractivity contribution in [2.24, 2.45) is 5.92 Å². The van der Waals surface area contributed by atoms with Crippen molar-refractivity contribution in [1.82, 2.24) is 0 Å². The third kappa shape index (κ3) is 4.25. The lowest BCUT2D eigenvalue weighted by Gasteiger charge is -2.18. The summed E-state index contributed by atoms with van der Waals surface area (Å²) in [5.41, 5.74) is 0.751. The highest BCUT2D eigenvalue weighted by Crippen LogP contribution is 2.31. The zero-order valence-corrected chi connectivity index (χ0v) is 12.7. The molecule has 1 aliphatic rings. The van der Waals surface area contributed by atoms with Crippen LogP contribution in [0.4, 0.5) is 5.69 Å². The molecule has 4 heteroatoms. The number of hydrogen-bond donors (Lipinski definition) is 1. The highest BCUT2D eigenvalue weighted by Gasteiger charge is 2.19. The van der Waals surface area contributed by atoms with Crippen molar-refractivity contribution in [1.29, 1.82) is 0 Å². The summed E-state index contributed by atoms with van der Waals surface area (Å²) >= 11 is 0. The van der Waals surface area contributed by atoms with E-state index in [1.165, 1.54) is 0 Å². The topological polar surface area (TPSA) is 47.6 Å². The molecule has 21 heavy (non-hydrogen) atoms. The second-order valence-corrected chi connectivity index (χ2v) is 5.00. The summed E-state index contributed by atoms with van der Waals surface area (Å²) in [5.74, 6) is 1.52. The van der Waals surface area contributed by atoms with Crippen LogP contribution in [-0.2, 0) is 4.79 Å². The second-order valence-electron chi connectivity index (χ2n) is 5.00. The van der Waals surface area contributed by atoms with Gasteiger partial charge in [-0.3, -0.25) is 4.79 Å². The van der Waals surface area contributed by atoms with Crippen molar-refractivity contribution in [2.75, 3.05) is 18.5 Å². The van der Waals surface area contributed by atoms with Crippen LogP contribution in [0.25, 0.3) is 0 Å². The third-order valence-electron chi connectivity index (χ3n) is 3.45. The van der Waals surface area contributed by atoms with Crippen LogP contribution in [0.5, 0.6) is 11.5 Å². The van der Waals surface area contributed by atoms with Gasteiger partial charge in [0, 0.05) is 17.7 Å². The zero-order chi connectivity index (χ0) is 15.1. The first-order valence-corrected chi connectivity index (χ1v) is 7.60. The van der Waals surface area contributed by atoms with Crippen LogP contribution in [0.15, 0.2) is 30.4 Å². The van der Waals surface area contributed by atoms with E-state index < -0.39 is 0 Å². The van der Waals surface area contributed by atoms with Crippen LogP contribution in [0, 0.1) is 5.92 Å². The van der Waals surface area contributed by atoms with Crippen LogP contribution < -0.4 is 14.8 Å². The Bertz CT molecular complexity index is 511. The van der Waals surface area contributed by atoms with Crippen molar-refractivity contribution < 1.29 is 14.3 Å². The molecular formula is C17H23NO3. The first-order chi connectivity index (χ1) is 10.2. The number of carbonyl (C=O) groups excluding carboxylic acids is 1. The number of rotatable bonds is 6. The van der Waals surface area contributed by atoms with Gasteiger partial charge in [-0.1, -0.05) is 12.2 Å². The Labute approximate surface area is 126 Å². The van der Waals surface area contributed by atoms with Gasteiger partial charge in [-0.15, -0.1) is 0 Å². The monoisotopic (exact) mass is 289 g/mol. The second kappa shape index (κ2) is 7.72. The van der Waals surface area contributed by atoms with Crippen molar-refractivity contribution >= 4 is 11.6 Å². The van der Waals surface area contributed by atoms with Gasteiger partial charge in [-0.05, 0) is 45.2 Å². The van der Waals surface area contributed by atoms with Gasteiger partial charge in [0.2, 0.25) is 5.91 Å². The lowest BCUT2D eigenvalue weighted by atomic mass is 9.93. The minimum Gasteiger partial charge on any atom is -0.490 e. The third-order valence-corrected chi connectivity index (χ3v) is 3.45. The normalized spacial score (nSPS) is 17.3. The van der Waals surface area contributed by atoms with Crippen molar-refractivity contribution in [3.63, 3.8) is 0 Å². The molecule has 1 unspecified atom stereocenters. The van der Waals surface area contributed by atoms with E-state index in [-0.39, 0.29) is 11.8 Å². The Morgan fingerprint density at radius 1 is 1.19 bits per heavy atom. The lowest BCUT2D eigenvalue weighted by molar-refractivity contribution is -0.120. The van der Waals surface area contributed by atoms with Crippen LogP contribution in [0.1, 0.15) is 33.1 Å². The summed E-state index contributed by atoms with van der Waals surface area (Å²) in [5, 5.41) is 2.97. The predicted octanol–water partition coefficient (Wildman–Crippen LogP) is 3.78. The van der Waals surface area contributed by atoms with Crippen LogP contribution in [0.2, 0.25) is 0 Å². The molecule has 1 aromatic carbocycles. The molecule has 1 aromatic rings. The smallest absolute Gasteiger partial charge is 0.227 e. The average molecular weight is 289 g/mol. The average Bonchev–Trinajstić information content (AvgIpc) is 2.51. The first-order valence-electron chi connectivity index (χ1n) is 7.60. The van der Waals surface area contributed by atoms with E-state index in [0.717, 1.165) is 24.9 Å². The van der Waals surface area contributed by atoms with E-state index in [1.807, 2.05) is 32.0 Å². The number of amides is 1. The number of benzene rings is 1. The number of nitrogens with one attached hydrogen (secondary N) is 1. The number of carbonyl (C=O) groups is 1. The molecule has 0 heterocycles. The van der Waals surface area contributed by atoms with Gasteiger partial charge in [0.05, 0.1) is 13.2 Å². The number of allylic oxidation sites excluding steroid dienone is 2. The SMILES string of the molecule is CCOc1ccc(NC(=O)C2CC=CCC2)cc1OCC. The van der Waals surface area contributed by atoms with E-state index in [9.17, 15) is 4.79 Å². The molecule has 1 aliphatic carbocycles. The lowest BCUT2D eigenvalue weighted by Crippen LogP contribution is -2.23. The molecule has 0 radical (unpaired) electrons. The maximum Gasteiger partial charge on any atom is 0.227 e. The minimum atomic E-state index is 0.0668. The number of ether oxygens (including phenoxy) is 2. The molecule has 114 valence electrons. The van der Waals surface area contributed by atoms with Gasteiger partial charge in [-0.25, -0.2) is 0 Å². The summed E-state index contributed by atoms with van der Waals surface area (Å²) in [6.07, 6.45) is 6.93. The summed E-state index contributed by atoms with van der Waals surface area (Å²) in [6.45, 7) is 5.00. The molecule has 0 aromatic heterocycles. The van der Waals surface area contributed by atoms with E-state index in [1.54, 1.807) is 0 Å². The molecule has 0 aliphatic heterocycles. The van der Waals surface area contributed by atoms with Crippen molar-refractivity contribution in [3.8, 4) is 11.5 Å². The largest absolute Gasteiger partial charge is 0.490 e. The maximum absolute atomic E-state index is 12.2. The molecule has 0 spiro atoms. The minimum absolute atomic E-state index is 0.0668. The van der Waals surface area contributed by atoms with E-state index in [2.05, 4.69) is 17.5 Å². The van der Waals surface area contributed by atoms with Gasteiger partial charge >= 0.3 is 0 Å². The van der Waals surface area contributed by atoms with Gasteiger partial charge in [-0.2, -0.15) is 0 Å². The molecule has 1 N–H and O–H groups in total. The molecule has 1 atom stereocenters.